The van der Waals surface area contributed by atoms with Crippen molar-refractivity contribution in [2.45, 2.75) is 26.2 Å². The standard InChI is InChI=1S/C17H23NOS/c1-4-17(18-9-11-20(19)12-10-18)13-15(3)16-7-5-14(2)6-8-16/h5-8,15H,1,9-13H2,2-3H3. The zero-order chi connectivity index (χ0) is 14.5. The summed E-state index contributed by atoms with van der Waals surface area (Å²) in [5.74, 6) is 1.99. The fourth-order valence-corrected chi connectivity index (χ4v) is 3.58. The van der Waals surface area contributed by atoms with E-state index in [9.17, 15) is 4.21 Å². The Morgan fingerprint density at radius 2 is 1.95 bits per heavy atom. The molecule has 0 amide bonds. The highest BCUT2D eigenvalue weighted by Gasteiger charge is 2.19. The summed E-state index contributed by atoms with van der Waals surface area (Å²) in [7, 11) is -0.634. The minimum absolute atomic E-state index is 0.451. The maximum Gasteiger partial charge on any atom is 0.0564 e. The van der Waals surface area contributed by atoms with Gasteiger partial charge in [0.1, 0.15) is 0 Å². The maximum atomic E-state index is 11.4. The molecule has 1 aliphatic rings. The first kappa shape index (κ1) is 15.1. The topological polar surface area (TPSA) is 20.3 Å². The Bertz CT molecular complexity index is 518. The van der Waals surface area contributed by atoms with Crippen molar-refractivity contribution in [1.82, 2.24) is 4.90 Å². The molecule has 1 atom stereocenters. The van der Waals surface area contributed by atoms with Crippen LogP contribution in [0, 0.1) is 6.92 Å². The van der Waals surface area contributed by atoms with Crippen LogP contribution in [0.1, 0.15) is 30.4 Å². The zero-order valence-corrected chi connectivity index (χ0v) is 13.2. The summed E-state index contributed by atoms with van der Waals surface area (Å²) >= 11 is 0. The molecule has 0 N–H and O–H groups in total. The molecule has 0 saturated carbocycles. The van der Waals surface area contributed by atoms with Gasteiger partial charge in [0.15, 0.2) is 0 Å². The first-order chi connectivity index (χ1) is 9.60. The van der Waals surface area contributed by atoms with Gasteiger partial charge in [0.25, 0.3) is 0 Å². The number of benzene rings is 1. The fraction of sp³-hybridized carbons (Fsp3) is 0.471. The van der Waals surface area contributed by atoms with Crippen LogP contribution in [-0.4, -0.2) is 33.7 Å². The van der Waals surface area contributed by atoms with Crippen molar-refractivity contribution in [3.8, 4) is 0 Å². The minimum Gasteiger partial charge on any atom is -0.367 e. The molecule has 1 heterocycles. The highest BCUT2D eigenvalue weighted by Crippen LogP contribution is 2.25. The van der Waals surface area contributed by atoms with Crippen LogP contribution in [0.4, 0.5) is 0 Å². The molecule has 1 aliphatic heterocycles. The van der Waals surface area contributed by atoms with Gasteiger partial charge in [0, 0.05) is 41.8 Å². The molecule has 3 heteroatoms. The number of nitrogens with zero attached hydrogens (tertiary/aromatic N) is 1. The normalized spacial score (nSPS) is 17.6. The van der Waals surface area contributed by atoms with Crippen LogP contribution in [0.2, 0.25) is 0 Å². The van der Waals surface area contributed by atoms with E-state index in [-0.39, 0.29) is 0 Å². The van der Waals surface area contributed by atoms with Gasteiger partial charge in [0.2, 0.25) is 0 Å². The van der Waals surface area contributed by atoms with Gasteiger partial charge in [0.05, 0.1) is 5.70 Å². The second-order valence-electron chi connectivity index (χ2n) is 5.47. The van der Waals surface area contributed by atoms with Crippen LogP contribution in [-0.2, 0) is 10.8 Å². The number of hydrogen-bond donors (Lipinski definition) is 0. The predicted octanol–water partition coefficient (Wildman–Crippen LogP) is 3.22. The Labute approximate surface area is 124 Å². The van der Waals surface area contributed by atoms with Crippen molar-refractivity contribution in [1.29, 1.82) is 0 Å². The van der Waals surface area contributed by atoms with Crippen LogP contribution in [0.5, 0.6) is 0 Å². The Balaban J connectivity index is 2.01. The lowest BCUT2D eigenvalue weighted by atomic mass is 9.95. The molecule has 2 nitrogen and oxygen atoms in total. The van der Waals surface area contributed by atoms with E-state index in [2.05, 4.69) is 55.3 Å². The van der Waals surface area contributed by atoms with Crippen LogP contribution < -0.4 is 0 Å². The second kappa shape index (κ2) is 6.92. The summed E-state index contributed by atoms with van der Waals surface area (Å²) in [6.07, 6.45) is 0.944. The minimum atomic E-state index is -0.634. The fourth-order valence-electron chi connectivity index (χ4n) is 2.52. The first-order valence-corrected chi connectivity index (χ1v) is 8.64. The van der Waals surface area contributed by atoms with E-state index in [1.165, 1.54) is 11.1 Å². The molecule has 2 rings (SSSR count). The molecular formula is C17H23NOS. The number of aryl methyl sites for hydroxylation is 1. The maximum absolute atomic E-state index is 11.4. The van der Waals surface area contributed by atoms with E-state index < -0.39 is 10.8 Å². The summed E-state index contributed by atoms with van der Waals surface area (Å²) in [6, 6.07) is 8.72. The van der Waals surface area contributed by atoms with Crippen molar-refractivity contribution < 1.29 is 4.21 Å². The lowest BCUT2D eigenvalue weighted by Crippen LogP contribution is -2.37. The summed E-state index contributed by atoms with van der Waals surface area (Å²) in [4.78, 5) is 2.29. The molecular weight excluding hydrogens is 266 g/mol. The van der Waals surface area contributed by atoms with E-state index in [0.717, 1.165) is 36.7 Å². The van der Waals surface area contributed by atoms with Crippen LogP contribution in [0.3, 0.4) is 0 Å². The van der Waals surface area contributed by atoms with Crippen molar-refractivity contribution in [3.63, 3.8) is 0 Å². The van der Waals surface area contributed by atoms with Gasteiger partial charge in [-0.1, -0.05) is 43.3 Å². The van der Waals surface area contributed by atoms with E-state index in [1.807, 2.05) is 0 Å². The monoisotopic (exact) mass is 289 g/mol. The van der Waals surface area contributed by atoms with E-state index in [4.69, 9.17) is 0 Å². The average molecular weight is 289 g/mol. The number of allylic oxidation sites excluding steroid dienone is 1. The molecule has 0 spiro atoms. The molecule has 1 aromatic rings. The molecule has 1 saturated heterocycles. The van der Waals surface area contributed by atoms with Gasteiger partial charge in [-0.05, 0) is 18.4 Å². The van der Waals surface area contributed by atoms with E-state index in [0.29, 0.717) is 5.92 Å². The number of rotatable bonds is 4. The van der Waals surface area contributed by atoms with Gasteiger partial charge in [-0.25, -0.2) is 0 Å². The van der Waals surface area contributed by atoms with Gasteiger partial charge in [-0.15, -0.1) is 5.73 Å². The van der Waals surface area contributed by atoms with Crippen LogP contribution >= 0.6 is 0 Å². The third-order valence-corrected chi connectivity index (χ3v) is 5.19. The van der Waals surface area contributed by atoms with Gasteiger partial charge >= 0.3 is 0 Å². The van der Waals surface area contributed by atoms with Gasteiger partial charge in [-0.3, -0.25) is 4.21 Å². The summed E-state index contributed by atoms with van der Waals surface area (Å²) in [6.45, 7) is 9.92. The Morgan fingerprint density at radius 1 is 1.35 bits per heavy atom. The van der Waals surface area contributed by atoms with Gasteiger partial charge < -0.3 is 4.90 Å². The zero-order valence-electron chi connectivity index (χ0n) is 12.4. The third kappa shape index (κ3) is 3.84. The molecule has 0 bridgehead atoms. The third-order valence-electron chi connectivity index (χ3n) is 3.91. The van der Waals surface area contributed by atoms with E-state index >= 15 is 0 Å². The summed E-state index contributed by atoms with van der Waals surface area (Å²) in [5, 5.41) is 0. The summed E-state index contributed by atoms with van der Waals surface area (Å²) in [5.41, 5.74) is 6.90. The van der Waals surface area contributed by atoms with Crippen molar-refractivity contribution in [2.75, 3.05) is 24.6 Å². The molecule has 0 radical (unpaired) electrons. The highest BCUT2D eigenvalue weighted by atomic mass is 32.2. The molecule has 0 aromatic heterocycles. The Morgan fingerprint density at radius 3 is 2.50 bits per heavy atom. The highest BCUT2D eigenvalue weighted by molar-refractivity contribution is 7.85. The first-order valence-electron chi connectivity index (χ1n) is 7.15. The van der Waals surface area contributed by atoms with Crippen molar-refractivity contribution in [2.24, 2.45) is 0 Å². The molecule has 1 unspecified atom stereocenters. The average Bonchev–Trinajstić information content (AvgIpc) is 2.46. The molecule has 108 valence electrons. The van der Waals surface area contributed by atoms with Crippen molar-refractivity contribution >= 4 is 10.8 Å². The smallest absolute Gasteiger partial charge is 0.0564 e. The molecule has 1 aromatic carbocycles. The largest absolute Gasteiger partial charge is 0.367 e. The Hall–Kier alpha value is -1.31. The quantitative estimate of drug-likeness (QED) is 0.793. The summed E-state index contributed by atoms with van der Waals surface area (Å²) < 4.78 is 11.4. The van der Waals surface area contributed by atoms with Gasteiger partial charge in [-0.2, -0.15) is 0 Å². The van der Waals surface area contributed by atoms with Crippen LogP contribution in [0.25, 0.3) is 0 Å². The predicted molar refractivity (Wildman–Crippen MR) is 86.3 cm³/mol. The number of hydrogen-bond acceptors (Lipinski definition) is 2. The lowest BCUT2D eigenvalue weighted by molar-refractivity contribution is 0.357. The lowest BCUT2D eigenvalue weighted by Gasteiger charge is -2.30. The second-order valence-corrected chi connectivity index (χ2v) is 7.17. The van der Waals surface area contributed by atoms with E-state index in [1.54, 1.807) is 0 Å². The van der Waals surface area contributed by atoms with Crippen LogP contribution in [0.15, 0.2) is 42.3 Å². The molecule has 1 fully saturated rings. The molecule has 20 heavy (non-hydrogen) atoms. The molecule has 0 aliphatic carbocycles. The SMILES string of the molecule is C=C=C(CC(C)c1ccc(C)cc1)N1CCS(=O)CC1. The Kier molecular flexibility index (Phi) is 5.22. The van der Waals surface area contributed by atoms with Crippen molar-refractivity contribution in [3.05, 3.63) is 53.4 Å².